The van der Waals surface area contributed by atoms with Crippen LogP contribution in [0.4, 0.5) is 5.69 Å². The molecular weight excluding hydrogens is 276 g/mol. The standard InChI is InChI=1S/C18H20N2O2/c21-18(22)16-8-4-5-9-17(16)20-11-10-19-13-15(20)12-14-6-2-1-3-7-14/h1-9,15,19H,10-13H2,(H,21,22)/t15-/m1/s1. The average Bonchev–Trinajstić information content (AvgIpc) is 2.56. The summed E-state index contributed by atoms with van der Waals surface area (Å²) in [6.45, 7) is 2.56. The Morgan fingerprint density at radius 1 is 1.14 bits per heavy atom. The number of piperazine rings is 1. The van der Waals surface area contributed by atoms with Crippen LogP contribution >= 0.6 is 0 Å². The predicted octanol–water partition coefficient (Wildman–Crippen LogP) is 2.41. The van der Waals surface area contributed by atoms with Gasteiger partial charge in [-0.3, -0.25) is 0 Å². The zero-order chi connectivity index (χ0) is 15.4. The summed E-state index contributed by atoms with van der Waals surface area (Å²) in [7, 11) is 0. The van der Waals surface area contributed by atoms with Gasteiger partial charge in [-0.2, -0.15) is 0 Å². The lowest BCUT2D eigenvalue weighted by molar-refractivity contribution is 0.0697. The number of carboxylic acids is 1. The van der Waals surface area contributed by atoms with Crippen molar-refractivity contribution in [2.45, 2.75) is 12.5 Å². The Morgan fingerprint density at radius 2 is 1.86 bits per heavy atom. The molecule has 1 aliphatic rings. The third kappa shape index (κ3) is 3.12. The molecule has 1 atom stereocenters. The summed E-state index contributed by atoms with van der Waals surface area (Å²) >= 11 is 0. The van der Waals surface area contributed by atoms with Crippen LogP contribution in [0, 0.1) is 0 Å². The molecule has 114 valence electrons. The van der Waals surface area contributed by atoms with E-state index in [9.17, 15) is 9.90 Å². The molecular formula is C18H20N2O2. The molecule has 0 aliphatic carbocycles. The molecule has 0 unspecified atom stereocenters. The summed E-state index contributed by atoms with van der Waals surface area (Å²) in [5.74, 6) is -0.868. The Hall–Kier alpha value is -2.33. The molecule has 0 amide bonds. The number of hydrogen-bond donors (Lipinski definition) is 2. The first-order valence-corrected chi connectivity index (χ1v) is 7.59. The minimum absolute atomic E-state index is 0.261. The molecule has 1 fully saturated rings. The zero-order valence-corrected chi connectivity index (χ0v) is 12.4. The van der Waals surface area contributed by atoms with E-state index in [1.807, 2.05) is 30.3 Å². The van der Waals surface area contributed by atoms with Crippen LogP contribution in [0.5, 0.6) is 0 Å². The number of carbonyl (C=O) groups is 1. The first-order chi connectivity index (χ1) is 10.8. The van der Waals surface area contributed by atoms with Crippen LogP contribution in [-0.2, 0) is 6.42 Å². The molecule has 1 saturated heterocycles. The fourth-order valence-corrected chi connectivity index (χ4v) is 3.05. The van der Waals surface area contributed by atoms with Crippen molar-refractivity contribution >= 4 is 11.7 Å². The van der Waals surface area contributed by atoms with Gasteiger partial charge in [0, 0.05) is 25.7 Å². The summed E-state index contributed by atoms with van der Waals surface area (Å²) in [4.78, 5) is 13.7. The number of nitrogens with zero attached hydrogens (tertiary/aromatic N) is 1. The van der Waals surface area contributed by atoms with Crippen molar-refractivity contribution in [3.63, 3.8) is 0 Å². The molecule has 2 aromatic rings. The van der Waals surface area contributed by atoms with Gasteiger partial charge < -0.3 is 15.3 Å². The van der Waals surface area contributed by atoms with Gasteiger partial charge in [0.25, 0.3) is 0 Å². The number of nitrogens with one attached hydrogen (secondary N) is 1. The molecule has 4 heteroatoms. The second-order valence-corrected chi connectivity index (χ2v) is 5.56. The largest absolute Gasteiger partial charge is 0.478 e. The Morgan fingerprint density at radius 3 is 2.64 bits per heavy atom. The normalized spacial score (nSPS) is 18.2. The highest BCUT2D eigenvalue weighted by atomic mass is 16.4. The summed E-state index contributed by atoms with van der Waals surface area (Å²) in [6, 6.07) is 17.9. The highest BCUT2D eigenvalue weighted by Crippen LogP contribution is 2.25. The van der Waals surface area contributed by atoms with E-state index in [4.69, 9.17) is 0 Å². The third-order valence-corrected chi connectivity index (χ3v) is 4.11. The maximum absolute atomic E-state index is 11.5. The Balaban J connectivity index is 1.88. The van der Waals surface area contributed by atoms with Gasteiger partial charge in [-0.25, -0.2) is 4.79 Å². The summed E-state index contributed by atoms with van der Waals surface area (Å²) in [5, 5.41) is 12.8. The lowest BCUT2D eigenvalue weighted by Crippen LogP contribution is -2.52. The van der Waals surface area contributed by atoms with Gasteiger partial charge in [0.1, 0.15) is 0 Å². The molecule has 0 saturated carbocycles. The second-order valence-electron chi connectivity index (χ2n) is 5.56. The molecule has 0 radical (unpaired) electrons. The molecule has 0 bridgehead atoms. The number of aromatic carboxylic acids is 1. The van der Waals surface area contributed by atoms with Crippen molar-refractivity contribution in [1.29, 1.82) is 0 Å². The van der Waals surface area contributed by atoms with Crippen LogP contribution in [0.2, 0.25) is 0 Å². The van der Waals surface area contributed by atoms with Crippen molar-refractivity contribution in [2.24, 2.45) is 0 Å². The van der Waals surface area contributed by atoms with E-state index in [2.05, 4.69) is 22.3 Å². The quantitative estimate of drug-likeness (QED) is 0.910. The lowest BCUT2D eigenvalue weighted by atomic mass is 10.0. The van der Waals surface area contributed by atoms with E-state index in [1.54, 1.807) is 12.1 Å². The van der Waals surface area contributed by atoms with E-state index < -0.39 is 5.97 Å². The Labute approximate surface area is 130 Å². The number of benzene rings is 2. The molecule has 1 heterocycles. The van der Waals surface area contributed by atoms with Crippen LogP contribution in [0.1, 0.15) is 15.9 Å². The van der Waals surface area contributed by atoms with Crippen LogP contribution in [0.15, 0.2) is 54.6 Å². The third-order valence-electron chi connectivity index (χ3n) is 4.11. The topological polar surface area (TPSA) is 52.6 Å². The van der Waals surface area contributed by atoms with Crippen molar-refractivity contribution in [2.75, 3.05) is 24.5 Å². The number of carboxylic acid groups (broad SMARTS) is 1. The molecule has 2 N–H and O–H groups in total. The number of para-hydroxylation sites is 1. The van der Waals surface area contributed by atoms with Gasteiger partial charge >= 0.3 is 5.97 Å². The van der Waals surface area contributed by atoms with E-state index in [1.165, 1.54) is 5.56 Å². The molecule has 0 spiro atoms. The van der Waals surface area contributed by atoms with Crippen LogP contribution in [0.3, 0.4) is 0 Å². The van der Waals surface area contributed by atoms with E-state index >= 15 is 0 Å². The molecule has 3 rings (SSSR count). The first-order valence-electron chi connectivity index (χ1n) is 7.59. The van der Waals surface area contributed by atoms with Crippen molar-refractivity contribution in [3.05, 3.63) is 65.7 Å². The van der Waals surface area contributed by atoms with Crippen molar-refractivity contribution in [1.82, 2.24) is 5.32 Å². The summed E-state index contributed by atoms with van der Waals surface area (Å²) < 4.78 is 0. The van der Waals surface area contributed by atoms with E-state index in [-0.39, 0.29) is 6.04 Å². The van der Waals surface area contributed by atoms with Gasteiger partial charge in [-0.1, -0.05) is 42.5 Å². The zero-order valence-electron chi connectivity index (χ0n) is 12.4. The molecule has 0 aromatic heterocycles. The van der Waals surface area contributed by atoms with E-state index in [0.717, 1.165) is 31.7 Å². The fourth-order valence-electron chi connectivity index (χ4n) is 3.05. The van der Waals surface area contributed by atoms with E-state index in [0.29, 0.717) is 5.56 Å². The Kier molecular flexibility index (Phi) is 4.39. The van der Waals surface area contributed by atoms with Crippen LogP contribution < -0.4 is 10.2 Å². The maximum Gasteiger partial charge on any atom is 0.337 e. The average molecular weight is 296 g/mol. The second kappa shape index (κ2) is 6.62. The molecule has 2 aromatic carbocycles. The van der Waals surface area contributed by atoms with Gasteiger partial charge in [0.2, 0.25) is 0 Å². The van der Waals surface area contributed by atoms with Crippen LogP contribution in [-0.4, -0.2) is 36.8 Å². The highest BCUT2D eigenvalue weighted by Gasteiger charge is 2.25. The smallest absolute Gasteiger partial charge is 0.337 e. The number of hydrogen-bond acceptors (Lipinski definition) is 3. The summed E-state index contributed by atoms with van der Waals surface area (Å²) in [5.41, 5.74) is 2.47. The predicted molar refractivity (Wildman–Crippen MR) is 87.6 cm³/mol. The van der Waals surface area contributed by atoms with Crippen LogP contribution in [0.25, 0.3) is 0 Å². The maximum atomic E-state index is 11.5. The minimum atomic E-state index is -0.868. The lowest BCUT2D eigenvalue weighted by Gasteiger charge is -2.38. The summed E-state index contributed by atoms with van der Waals surface area (Å²) in [6.07, 6.45) is 0.905. The monoisotopic (exact) mass is 296 g/mol. The molecule has 1 aliphatic heterocycles. The minimum Gasteiger partial charge on any atom is -0.478 e. The fraction of sp³-hybridized carbons (Fsp3) is 0.278. The SMILES string of the molecule is O=C(O)c1ccccc1N1CCNC[C@H]1Cc1ccccc1. The Bertz CT molecular complexity index is 643. The molecule has 22 heavy (non-hydrogen) atoms. The number of rotatable bonds is 4. The highest BCUT2D eigenvalue weighted by molar-refractivity contribution is 5.94. The number of anilines is 1. The first kappa shape index (κ1) is 14.6. The van der Waals surface area contributed by atoms with Gasteiger partial charge in [0.15, 0.2) is 0 Å². The molecule has 4 nitrogen and oxygen atoms in total. The van der Waals surface area contributed by atoms with Crippen molar-refractivity contribution < 1.29 is 9.90 Å². The van der Waals surface area contributed by atoms with Gasteiger partial charge in [-0.15, -0.1) is 0 Å². The van der Waals surface area contributed by atoms with Crippen molar-refractivity contribution in [3.8, 4) is 0 Å². The van der Waals surface area contributed by atoms with Gasteiger partial charge in [0.05, 0.1) is 11.3 Å². The van der Waals surface area contributed by atoms with Gasteiger partial charge in [-0.05, 0) is 24.1 Å².